The van der Waals surface area contributed by atoms with Crippen LogP contribution < -0.4 is 31.2 Å². The van der Waals surface area contributed by atoms with Crippen LogP contribution in [0.4, 0.5) is 4.39 Å². The maximum Gasteiger partial charge on any atom is 0.267 e. The van der Waals surface area contributed by atoms with Crippen LogP contribution in [0.25, 0.3) is 10.9 Å². The minimum Gasteiger partial charge on any atom is -0.488 e. The first kappa shape index (κ1) is 66.6. The van der Waals surface area contributed by atoms with Gasteiger partial charge in [0.25, 0.3) is 11.8 Å². The third-order valence-corrected chi connectivity index (χ3v) is 14.4. The Kier molecular flexibility index (Phi) is 26.8. The topological polar surface area (TPSA) is 329 Å². The van der Waals surface area contributed by atoms with E-state index >= 15 is 4.39 Å². The van der Waals surface area contributed by atoms with Crippen molar-refractivity contribution in [3.05, 3.63) is 113 Å². The largest absolute Gasteiger partial charge is 0.488 e. The highest BCUT2D eigenvalue weighted by atomic mass is 31.2. The van der Waals surface area contributed by atoms with Crippen molar-refractivity contribution < 1.29 is 71.6 Å². The van der Waals surface area contributed by atoms with Gasteiger partial charge in [0.15, 0.2) is 11.6 Å². The Balaban J connectivity index is 0.000000440. The number of hydrogen-bond acceptors (Lipinski definition) is 15. The number of halogens is 1. The van der Waals surface area contributed by atoms with E-state index in [0.29, 0.717) is 92.7 Å². The molecule has 2 fully saturated rings. The zero-order valence-corrected chi connectivity index (χ0v) is 48.4. The van der Waals surface area contributed by atoms with Gasteiger partial charge in [-0.05, 0) is 117 Å². The Morgan fingerprint density at radius 3 is 2.40 bits per heavy atom. The fourth-order valence-corrected chi connectivity index (χ4v) is 9.76. The molecule has 5 atom stereocenters. The number of benzene rings is 3. The van der Waals surface area contributed by atoms with Crippen LogP contribution in [0.1, 0.15) is 117 Å². The number of aliphatic hydroxyl groups is 1. The lowest BCUT2D eigenvalue weighted by atomic mass is 10.1. The molecule has 2 saturated heterocycles. The number of β-amino-alcohol motifs (C(OH)–C–C–N with tert-alkyl or cyclic N) is 1. The van der Waals surface area contributed by atoms with Gasteiger partial charge in [-0.25, -0.2) is 4.39 Å². The van der Waals surface area contributed by atoms with E-state index in [9.17, 15) is 53.2 Å². The molecule has 452 valence electrons. The highest BCUT2D eigenvalue weighted by Gasteiger charge is 2.38. The number of aryl methyl sites for hydroxylation is 1. The molecule has 84 heavy (non-hydrogen) atoms. The number of H-pyrrole nitrogens is 1. The lowest BCUT2D eigenvalue weighted by molar-refractivity contribution is -0.133. The van der Waals surface area contributed by atoms with Gasteiger partial charge in [-0.3, -0.25) is 38.4 Å². The average molecular weight is 1180 g/mol. The Labute approximate surface area is 488 Å². The minimum atomic E-state index is -2.79. The third kappa shape index (κ3) is 21.2. The fourth-order valence-electron chi connectivity index (χ4n) is 9.39. The third-order valence-electron chi connectivity index (χ3n) is 13.8. The number of aliphatic hydroxyl groups excluding tert-OH is 1. The van der Waals surface area contributed by atoms with E-state index in [1.807, 2.05) is 38.1 Å². The van der Waals surface area contributed by atoms with Crippen molar-refractivity contribution >= 4 is 67.2 Å². The smallest absolute Gasteiger partial charge is 0.267 e. The SMILES string of the molecule is C#Cc1ccc(CNC=O)cc1.CC(=O)N(CC[C@H]1CCC(C(=O)NC(CCC(N)=O)COc2cccc(CCCOc3ccon3)c2F)N1C=O)CC(C)NC(=O)c1cc2cc(C(=O)P(O)O)ccc2[nH]1.CC(C)CC(=O)N1CCC(O)C1. The van der Waals surface area contributed by atoms with E-state index in [4.69, 9.17) is 26.2 Å². The summed E-state index contributed by atoms with van der Waals surface area (Å²) in [5.74, 6) is 1.06. The summed E-state index contributed by atoms with van der Waals surface area (Å²) >= 11 is 0. The number of hydrogen-bond donors (Lipinski definition) is 8. The zero-order chi connectivity index (χ0) is 61.3. The maximum absolute atomic E-state index is 15.4. The number of fused-ring (bicyclic) bond motifs is 1. The quantitative estimate of drug-likeness (QED) is 0.0148. The number of likely N-dealkylation sites (tertiary alicyclic amines) is 2. The van der Waals surface area contributed by atoms with Gasteiger partial charge in [0, 0.05) is 92.7 Å². The molecule has 0 radical (unpaired) electrons. The predicted octanol–water partition coefficient (Wildman–Crippen LogP) is 4.46. The molecule has 0 aliphatic carbocycles. The molecule has 3 aromatic carbocycles. The minimum absolute atomic E-state index is 0.0321. The number of rotatable bonds is 28. The number of carbonyl (C=O) groups is 8. The lowest BCUT2D eigenvalue weighted by Crippen LogP contribution is -2.50. The van der Waals surface area contributed by atoms with Gasteiger partial charge in [-0.15, -0.1) is 6.42 Å². The molecule has 2 aliphatic rings. The molecule has 4 unspecified atom stereocenters. The van der Waals surface area contributed by atoms with Crippen molar-refractivity contribution in [3.8, 4) is 24.0 Å². The van der Waals surface area contributed by atoms with E-state index in [-0.39, 0.29) is 80.1 Å². The number of primary amides is 1. The van der Waals surface area contributed by atoms with E-state index in [2.05, 4.69) is 32.0 Å². The molecule has 7 amide bonds. The number of aromatic amines is 1. The number of nitrogens with one attached hydrogen (secondary N) is 4. The van der Waals surface area contributed by atoms with E-state index in [1.54, 1.807) is 41.0 Å². The Hall–Kier alpha value is -8.23. The summed E-state index contributed by atoms with van der Waals surface area (Å²) in [7, 11) is -2.79. The van der Waals surface area contributed by atoms with Crippen molar-refractivity contribution in [2.75, 3.05) is 39.4 Å². The van der Waals surface area contributed by atoms with Gasteiger partial charge in [0.2, 0.25) is 50.3 Å². The first-order valence-electron chi connectivity index (χ1n) is 27.5. The Morgan fingerprint density at radius 2 is 1.77 bits per heavy atom. The molecule has 0 spiro atoms. The molecule has 0 saturated carbocycles. The van der Waals surface area contributed by atoms with Crippen molar-refractivity contribution in [2.24, 2.45) is 11.7 Å². The summed E-state index contributed by atoms with van der Waals surface area (Å²) in [5, 5.41) is 21.6. The number of terminal acetylenes is 1. The highest BCUT2D eigenvalue weighted by molar-refractivity contribution is 7.65. The fraction of sp³-hybridized carbons (Fsp3) is 0.441. The molecular weight excluding hydrogens is 1110 g/mol. The number of carbonyl (C=O) groups excluding carboxylic acids is 8. The number of ether oxygens (including phenoxy) is 2. The average Bonchev–Trinajstić information content (AvgIpc) is 3.83. The summed E-state index contributed by atoms with van der Waals surface area (Å²) in [6.45, 7) is 9.50. The van der Waals surface area contributed by atoms with Crippen LogP contribution in [0.2, 0.25) is 0 Å². The van der Waals surface area contributed by atoms with E-state index < -0.39 is 55.6 Å². The predicted molar refractivity (Wildman–Crippen MR) is 309 cm³/mol. The zero-order valence-electron chi connectivity index (χ0n) is 47.5. The standard InChI is InChI=1S/C40H49FN7O11P.C10H9NO.C9H17NO2/c1-24(43-38(52)32-20-28-19-27(40(54)60(55)56)8-11-31(28)45-32)21-47(25(2)50)16-14-30-10-12-33(48(30)23-49)39(53)44-29(9-13-35(42)51)22-58-34-7-3-5-26(37(34)41)6-4-17-57-36-15-18-59-46-36;1-2-9-3-5-10(6-4-9)7-11-8-12;1-7(2)5-9(12)10-4-3-8(11)6-10/h3,5,7-8,11,15,18-20,23-24,29-30,33,45,55-56H,4,6,9-10,12-14,16-17,21-22H2,1-2H3,(H2,42,51)(H,43,52)(H,44,53);1,3-6,8H,7H2,(H,11,12);7-8,11H,3-6H2,1-2H3/t24?,29?,30-,33?;;/m1../s1. The lowest BCUT2D eigenvalue weighted by Gasteiger charge is -2.30. The number of nitrogens with zero attached hydrogens (tertiary/aromatic N) is 4. The summed E-state index contributed by atoms with van der Waals surface area (Å²) in [6.07, 6.45) is 10.9. The normalized spacial score (nSPS) is 16.0. The summed E-state index contributed by atoms with van der Waals surface area (Å²) in [5.41, 5.74) is 7.73. The summed E-state index contributed by atoms with van der Waals surface area (Å²) in [4.78, 5) is 123. The molecule has 2 aliphatic heterocycles. The molecule has 2 aromatic heterocycles. The molecule has 5 aromatic rings. The number of amides is 7. The molecule has 0 bridgehead atoms. The second-order valence-corrected chi connectivity index (χ2v) is 21.8. The number of nitrogens with two attached hydrogens (primary N) is 1. The summed E-state index contributed by atoms with van der Waals surface area (Å²) < 4.78 is 31.4. The van der Waals surface area contributed by atoms with Crippen LogP contribution in [0, 0.1) is 24.1 Å². The van der Waals surface area contributed by atoms with Gasteiger partial charge in [-0.2, -0.15) is 0 Å². The maximum atomic E-state index is 15.4. The summed E-state index contributed by atoms with van der Waals surface area (Å²) in [6, 6.07) is 17.3. The molecule has 9 N–H and O–H groups in total. The van der Waals surface area contributed by atoms with Crippen LogP contribution in [-0.2, 0) is 41.7 Å². The Morgan fingerprint density at radius 1 is 1.01 bits per heavy atom. The van der Waals surface area contributed by atoms with Crippen LogP contribution in [-0.4, -0.2) is 157 Å². The van der Waals surface area contributed by atoms with Gasteiger partial charge in [0.05, 0.1) is 18.8 Å². The van der Waals surface area contributed by atoms with Crippen molar-refractivity contribution in [3.63, 3.8) is 0 Å². The first-order valence-corrected chi connectivity index (χ1v) is 28.8. The molecule has 7 rings (SSSR count). The van der Waals surface area contributed by atoms with Gasteiger partial charge >= 0.3 is 0 Å². The van der Waals surface area contributed by atoms with Gasteiger partial charge < -0.3 is 70.3 Å². The molecule has 25 heteroatoms. The first-order chi connectivity index (χ1) is 40.2. The van der Waals surface area contributed by atoms with Crippen molar-refractivity contribution in [2.45, 2.75) is 122 Å². The van der Waals surface area contributed by atoms with Gasteiger partial charge in [-0.1, -0.05) is 44.0 Å². The molecule has 23 nitrogen and oxygen atoms in total. The van der Waals surface area contributed by atoms with E-state index in [0.717, 1.165) is 24.1 Å². The second kappa shape index (κ2) is 33.8. The van der Waals surface area contributed by atoms with Crippen molar-refractivity contribution in [1.82, 2.24) is 40.8 Å². The van der Waals surface area contributed by atoms with Gasteiger partial charge in [0.1, 0.15) is 24.6 Å². The molecular formula is C59H75FN9O14P. The second-order valence-electron chi connectivity index (χ2n) is 20.8. The monoisotopic (exact) mass is 1180 g/mol. The van der Waals surface area contributed by atoms with Crippen LogP contribution in [0.3, 0.4) is 0 Å². The van der Waals surface area contributed by atoms with Crippen LogP contribution >= 0.6 is 8.38 Å². The van der Waals surface area contributed by atoms with Crippen molar-refractivity contribution in [1.29, 1.82) is 0 Å². The molecule has 4 heterocycles. The van der Waals surface area contributed by atoms with Crippen LogP contribution in [0.5, 0.6) is 11.6 Å². The Bertz CT molecular complexity index is 3030. The van der Waals surface area contributed by atoms with E-state index in [1.165, 1.54) is 42.4 Å². The highest BCUT2D eigenvalue weighted by Crippen LogP contribution is 2.31. The van der Waals surface area contributed by atoms with Crippen LogP contribution in [0.15, 0.2) is 83.6 Å². The number of aromatic nitrogens is 2.